The van der Waals surface area contributed by atoms with Gasteiger partial charge in [0.15, 0.2) is 5.96 Å². The van der Waals surface area contributed by atoms with Crippen LogP contribution in [0.3, 0.4) is 0 Å². The van der Waals surface area contributed by atoms with Crippen LogP contribution in [0.15, 0.2) is 29.3 Å². The summed E-state index contributed by atoms with van der Waals surface area (Å²) < 4.78 is 11.6. The van der Waals surface area contributed by atoms with Crippen molar-refractivity contribution in [3.63, 3.8) is 0 Å². The molecule has 8 heteroatoms. The minimum Gasteiger partial charge on any atom is -0.497 e. The maximum absolute atomic E-state index is 13.0. The first-order chi connectivity index (χ1) is 14.8. The summed E-state index contributed by atoms with van der Waals surface area (Å²) in [5.74, 6) is 0.559. The van der Waals surface area contributed by atoms with Crippen LogP contribution in [0, 0.1) is 0 Å². The number of guanidine groups is 1. The Balaban J connectivity index is 2.21. The van der Waals surface area contributed by atoms with Gasteiger partial charge < -0.3 is 31.6 Å². The Kier molecular flexibility index (Phi) is 9.58. The molecule has 1 unspecified atom stereocenters. The highest BCUT2D eigenvalue weighted by atomic mass is 16.6. The van der Waals surface area contributed by atoms with Crippen LogP contribution in [-0.2, 0) is 9.53 Å². The number of esters is 1. The van der Waals surface area contributed by atoms with E-state index < -0.39 is 11.6 Å². The van der Waals surface area contributed by atoms with Gasteiger partial charge in [0.1, 0.15) is 17.4 Å². The van der Waals surface area contributed by atoms with Crippen LogP contribution in [0.2, 0.25) is 0 Å². The molecular formula is C23H39N5O3. The number of hydrogen-bond acceptors (Lipinski definition) is 6. The molecule has 0 saturated heterocycles. The largest absolute Gasteiger partial charge is 0.497 e. The zero-order chi connectivity index (χ0) is 22.9. The minimum atomic E-state index is -0.691. The molecule has 0 heterocycles. The van der Waals surface area contributed by atoms with Gasteiger partial charge in [-0.15, -0.1) is 0 Å². The molecule has 1 aromatic carbocycles. The standard InChI is InChI=1S/C23H39N5O3/c1-28(2)16-19(17-9-11-18(30-3)12-10-17)23(13-5-4-6-14-23)31-21(29)20(24)8-7-15-27-22(25)26/h9-12,19-20H,4-8,13-16,24H2,1-3H3,(H4,25,26,27)/t19?,20-/m0/s1. The first kappa shape index (κ1) is 24.9. The second kappa shape index (κ2) is 11.9. The Morgan fingerprint density at radius 2 is 1.81 bits per heavy atom. The summed E-state index contributed by atoms with van der Waals surface area (Å²) in [7, 11) is 5.75. The van der Waals surface area contributed by atoms with Crippen molar-refractivity contribution in [3.8, 4) is 5.75 Å². The van der Waals surface area contributed by atoms with E-state index >= 15 is 0 Å². The summed E-state index contributed by atoms with van der Waals surface area (Å²) >= 11 is 0. The molecule has 31 heavy (non-hydrogen) atoms. The fourth-order valence-electron chi connectivity index (χ4n) is 4.36. The number of hydrogen-bond donors (Lipinski definition) is 3. The fourth-order valence-corrected chi connectivity index (χ4v) is 4.36. The molecule has 1 fully saturated rings. The van der Waals surface area contributed by atoms with E-state index in [-0.39, 0.29) is 17.8 Å². The normalized spacial score (nSPS) is 17.6. The lowest BCUT2D eigenvalue weighted by molar-refractivity contribution is -0.169. The molecule has 6 N–H and O–H groups in total. The SMILES string of the molecule is COc1ccc(C(CN(C)C)C2(OC(=O)[C@@H](N)CCCN=C(N)N)CCCCC2)cc1. The molecule has 1 aromatic rings. The molecule has 8 nitrogen and oxygen atoms in total. The molecule has 0 spiro atoms. The van der Waals surface area contributed by atoms with E-state index in [0.717, 1.165) is 50.0 Å². The van der Waals surface area contributed by atoms with Gasteiger partial charge in [-0.1, -0.05) is 18.6 Å². The smallest absolute Gasteiger partial charge is 0.323 e. The highest BCUT2D eigenvalue weighted by molar-refractivity contribution is 5.76. The van der Waals surface area contributed by atoms with E-state index in [9.17, 15) is 4.79 Å². The van der Waals surface area contributed by atoms with Gasteiger partial charge in [0.05, 0.1) is 7.11 Å². The predicted octanol–water partition coefficient (Wildman–Crippen LogP) is 1.97. The first-order valence-corrected chi connectivity index (χ1v) is 11.1. The molecule has 0 aromatic heterocycles. The summed E-state index contributed by atoms with van der Waals surface area (Å²) in [5, 5.41) is 0. The number of nitrogens with zero attached hydrogens (tertiary/aromatic N) is 2. The molecule has 0 radical (unpaired) electrons. The van der Waals surface area contributed by atoms with Crippen LogP contribution in [0.1, 0.15) is 56.4 Å². The van der Waals surface area contributed by atoms with Crippen molar-refractivity contribution in [2.75, 3.05) is 34.3 Å². The molecule has 1 saturated carbocycles. The molecule has 2 rings (SSSR count). The number of likely N-dealkylation sites (N-methyl/N-ethyl adjacent to an activating group) is 1. The van der Waals surface area contributed by atoms with Gasteiger partial charge in [-0.2, -0.15) is 0 Å². The van der Waals surface area contributed by atoms with E-state index in [2.05, 4.69) is 22.0 Å². The van der Waals surface area contributed by atoms with Crippen LogP contribution in [0.5, 0.6) is 5.75 Å². The van der Waals surface area contributed by atoms with Crippen molar-refractivity contribution in [3.05, 3.63) is 29.8 Å². The van der Waals surface area contributed by atoms with Gasteiger partial charge in [-0.05, 0) is 70.3 Å². The topological polar surface area (TPSA) is 129 Å². The average Bonchev–Trinajstić information content (AvgIpc) is 2.75. The van der Waals surface area contributed by atoms with Gasteiger partial charge >= 0.3 is 5.97 Å². The molecule has 1 aliphatic carbocycles. The molecule has 1 aliphatic rings. The number of ether oxygens (including phenoxy) is 2. The molecule has 0 bridgehead atoms. The van der Waals surface area contributed by atoms with Gasteiger partial charge in [0, 0.05) is 19.0 Å². The molecular weight excluding hydrogens is 394 g/mol. The fraction of sp³-hybridized carbons (Fsp3) is 0.652. The molecule has 174 valence electrons. The molecule has 0 amide bonds. The monoisotopic (exact) mass is 433 g/mol. The zero-order valence-corrected chi connectivity index (χ0v) is 19.2. The number of aliphatic imine (C=N–C) groups is 1. The van der Waals surface area contributed by atoms with E-state index in [0.29, 0.717) is 19.4 Å². The summed E-state index contributed by atoms with van der Waals surface area (Å²) in [4.78, 5) is 19.1. The molecule has 2 atom stereocenters. The first-order valence-electron chi connectivity index (χ1n) is 11.1. The Morgan fingerprint density at radius 3 is 2.35 bits per heavy atom. The lowest BCUT2D eigenvalue weighted by Gasteiger charge is -2.44. The van der Waals surface area contributed by atoms with Crippen LogP contribution >= 0.6 is 0 Å². The van der Waals surface area contributed by atoms with Crippen LogP contribution in [-0.4, -0.2) is 62.8 Å². The quantitative estimate of drug-likeness (QED) is 0.210. The maximum atomic E-state index is 13.0. The highest BCUT2D eigenvalue weighted by Gasteiger charge is 2.45. The lowest BCUT2D eigenvalue weighted by atomic mass is 9.72. The predicted molar refractivity (Wildman–Crippen MR) is 124 cm³/mol. The second-order valence-corrected chi connectivity index (χ2v) is 8.69. The number of carbonyl (C=O) groups is 1. The van der Waals surface area contributed by atoms with Crippen molar-refractivity contribution in [1.29, 1.82) is 0 Å². The van der Waals surface area contributed by atoms with E-state index in [1.165, 1.54) is 0 Å². The van der Waals surface area contributed by atoms with Gasteiger partial charge in [0.2, 0.25) is 0 Å². The minimum absolute atomic E-state index is 0.0447. The maximum Gasteiger partial charge on any atom is 0.323 e. The van der Waals surface area contributed by atoms with Crippen molar-refractivity contribution in [2.45, 2.75) is 62.5 Å². The summed E-state index contributed by atoms with van der Waals surface area (Å²) in [5.41, 5.74) is 17.5. The van der Waals surface area contributed by atoms with Crippen LogP contribution < -0.4 is 21.9 Å². The number of benzene rings is 1. The van der Waals surface area contributed by atoms with Gasteiger partial charge in [-0.25, -0.2) is 0 Å². The third-order valence-electron chi connectivity index (χ3n) is 5.98. The summed E-state index contributed by atoms with van der Waals surface area (Å²) in [6, 6.07) is 7.39. The molecule has 0 aliphatic heterocycles. The number of nitrogens with two attached hydrogens (primary N) is 3. The van der Waals surface area contributed by atoms with Crippen molar-refractivity contribution in [2.24, 2.45) is 22.2 Å². The average molecular weight is 434 g/mol. The number of methoxy groups -OCH3 is 1. The second-order valence-electron chi connectivity index (χ2n) is 8.69. The van der Waals surface area contributed by atoms with Crippen LogP contribution in [0.25, 0.3) is 0 Å². The van der Waals surface area contributed by atoms with Crippen LogP contribution in [0.4, 0.5) is 0 Å². The van der Waals surface area contributed by atoms with E-state index in [1.54, 1.807) is 7.11 Å². The van der Waals surface area contributed by atoms with Crippen molar-refractivity contribution >= 4 is 11.9 Å². The van der Waals surface area contributed by atoms with Gasteiger partial charge in [0.25, 0.3) is 0 Å². The Bertz CT molecular complexity index is 710. The van der Waals surface area contributed by atoms with Crippen molar-refractivity contribution in [1.82, 2.24) is 4.90 Å². The zero-order valence-electron chi connectivity index (χ0n) is 19.2. The lowest BCUT2D eigenvalue weighted by Crippen LogP contribution is -2.49. The summed E-state index contributed by atoms with van der Waals surface area (Å²) in [6.45, 7) is 1.23. The Labute approximate surface area is 186 Å². The van der Waals surface area contributed by atoms with E-state index in [4.69, 9.17) is 26.7 Å². The number of rotatable bonds is 11. The number of carbonyl (C=O) groups excluding carboxylic acids is 1. The van der Waals surface area contributed by atoms with E-state index in [1.807, 2.05) is 26.2 Å². The summed E-state index contributed by atoms with van der Waals surface area (Å²) in [6.07, 6.45) is 6.00. The van der Waals surface area contributed by atoms with Gasteiger partial charge in [-0.3, -0.25) is 9.79 Å². The highest BCUT2D eigenvalue weighted by Crippen LogP contribution is 2.44. The Hall–Kier alpha value is -2.32. The Morgan fingerprint density at radius 1 is 1.16 bits per heavy atom. The third-order valence-corrected chi connectivity index (χ3v) is 5.98. The third kappa shape index (κ3) is 7.40. The van der Waals surface area contributed by atoms with Crippen molar-refractivity contribution < 1.29 is 14.3 Å².